The highest BCUT2D eigenvalue weighted by atomic mass is 32.1. The smallest absolute Gasteiger partial charge is 0.311 e. The Morgan fingerprint density at radius 3 is 2.76 bits per heavy atom. The molecule has 0 bridgehead atoms. The van der Waals surface area contributed by atoms with E-state index in [4.69, 9.17) is 9.47 Å². The van der Waals surface area contributed by atoms with Gasteiger partial charge >= 0.3 is 5.69 Å². The lowest BCUT2D eigenvalue weighted by molar-refractivity contribution is -0.385. The summed E-state index contributed by atoms with van der Waals surface area (Å²) < 4.78 is 10.4. The molecule has 0 aliphatic heterocycles. The molecule has 17 heavy (non-hydrogen) atoms. The molecule has 1 aromatic carbocycles. The minimum absolute atomic E-state index is 0.0582. The number of methoxy groups -OCH3 is 1. The van der Waals surface area contributed by atoms with Gasteiger partial charge < -0.3 is 9.47 Å². The van der Waals surface area contributed by atoms with Crippen LogP contribution in [0, 0.1) is 16.0 Å². The Kier molecular flexibility index (Phi) is 5.09. The Morgan fingerprint density at radius 2 is 2.24 bits per heavy atom. The largest absolute Gasteiger partial charge is 0.497 e. The van der Waals surface area contributed by atoms with Gasteiger partial charge in [0.15, 0.2) is 0 Å². The Balaban J connectivity index is 2.89. The van der Waals surface area contributed by atoms with E-state index in [1.165, 1.54) is 25.3 Å². The number of rotatable bonds is 6. The summed E-state index contributed by atoms with van der Waals surface area (Å²) in [7, 11) is 1.50. The molecule has 0 amide bonds. The zero-order valence-corrected chi connectivity index (χ0v) is 10.6. The van der Waals surface area contributed by atoms with E-state index in [1.54, 1.807) is 0 Å². The molecule has 1 unspecified atom stereocenters. The number of benzene rings is 1. The maximum Gasteiger partial charge on any atom is 0.311 e. The maximum absolute atomic E-state index is 10.8. The lowest BCUT2D eigenvalue weighted by atomic mass is 10.2. The van der Waals surface area contributed by atoms with E-state index in [-0.39, 0.29) is 17.4 Å². The molecule has 0 radical (unpaired) electrons. The van der Waals surface area contributed by atoms with Crippen molar-refractivity contribution in [1.82, 2.24) is 0 Å². The van der Waals surface area contributed by atoms with E-state index in [2.05, 4.69) is 12.6 Å². The van der Waals surface area contributed by atoms with Crippen molar-refractivity contribution < 1.29 is 14.4 Å². The van der Waals surface area contributed by atoms with Gasteiger partial charge in [-0.05, 0) is 17.7 Å². The first kappa shape index (κ1) is 13.6. The monoisotopic (exact) mass is 257 g/mol. The lowest BCUT2D eigenvalue weighted by Gasteiger charge is -2.11. The number of nitro benzene ring substituents is 1. The first-order valence-electron chi connectivity index (χ1n) is 5.14. The van der Waals surface area contributed by atoms with Crippen LogP contribution in [0.25, 0.3) is 0 Å². The van der Waals surface area contributed by atoms with Gasteiger partial charge in [-0.25, -0.2) is 0 Å². The number of nitrogens with zero attached hydrogens (tertiary/aromatic N) is 1. The van der Waals surface area contributed by atoms with Gasteiger partial charge in [0, 0.05) is 12.1 Å². The molecule has 0 spiro atoms. The van der Waals surface area contributed by atoms with Crippen LogP contribution in [0.1, 0.15) is 6.92 Å². The third-order valence-corrected chi connectivity index (χ3v) is 2.82. The molecule has 1 aromatic rings. The fraction of sp³-hybridized carbons (Fsp3) is 0.455. The molecule has 0 heterocycles. The first-order chi connectivity index (χ1) is 8.08. The van der Waals surface area contributed by atoms with Crippen LogP contribution < -0.4 is 9.47 Å². The van der Waals surface area contributed by atoms with Crippen molar-refractivity contribution in [2.45, 2.75) is 6.92 Å². The molecule has 0 saturated heterocycles. The molecule has 94 valence electrons. The predicted octanol–water partition coefficient (Wildman–Crippen LogP) is 2.55. The Labute approximate surface area is 105 Å². The second-order valence-electron chi connectivity index (χ2n) is 3.69. The van der Waals surface area contributed by atoms with Gasteiger partial charge in [0.1, 0.15) is 5.75 Å². The van der Waals surface area contributed by atoms with Gasteiger partial charge in [-0.1, -0.05) is 6.92 Å². The summed E-state index contributed by atoms with van der Waals surface area (Å²) >= 11 is 4.13. The second-order valence-corrected chi connectivity index (χ2v) is 4.05. The molecule has 1 atom stereocenters. The van der Waals surface area contributed by atoms with Gasteiger partial charge in [0.2, 0.25) is 5.75 Å². The van der Waals surface area contributed by atoms with Crippen LogP contribution in [-0.4, -0.2) is 24.4 Å². The molecule has 0 aliphatic carbocycles. The zero-order valence-electron chi connectivity index (χ0n) is 9.75. The summed E-state index contributed by atoms with van der Waals surface area (Å²) in [6, 6.07) is 4.43. The van der Waals surface area contributed by atoms with Crippen LogP contribution in [-0.2, 0) is 0 Å². The highest BCUT2D eigenvalue weighted by Gasteiger charge is 2.16. The van der Waals surface area contributed by atoms with Crippen LogP contribution in [0.2, 0.25) is 0 Å². The van der Waals surface area contributed by atoms with E-state index in [0.29, 0.717) is 18.1 Å². The third-order valence-electron chi connectivity index (χ3n) is 2.20. The average molecular weight is 257 g/mol. The fourth-order valence-corrected chi connectivity index (χ4v) is 1.28. The van der Waals surface area contributed by atoms with Crippen molar-refractivity contribution >= 4 is 18.3 Å². The highest BCUT2D eigenvalue weighted by Crippen LogP contribution is 2.31. The van der Waals surface area contributed by atoms with Crippen LogP contribution in [0.15, 0.2) is 18.2 Å². The van der Waals surface area contributed by atoms with Crippen molar-refractivity contribution in [3.8, 4) is 11.5 Å². The molecule has 1 rings (SSSR count). The maximum atomic E-state index is 10.8. The van der Waals surface area contributed by atoms with Gasteiger partial charge in [-0.3, -0.25) is 10.1 Å². The number of thiol groups is 1. The SMILES string of the molecule is COc1ccc([N+](=O)[O-])c(OCC(C)CS)c1. The number of hydrogen-bond donors (Lipinski definition) is 1. The first-order valence-corrected chi connectivity index (χ1v) is 5.77. The van der Waals surface area contributed by atoms with E-state index in [0.717, 1.165) is 0 Å². The van der Waals surface area contributed by atoms with Crippen molar-refractivity contribution in [2.75, 3.05) is 19.5 Å². The van der Waals surface area contributed by atoms with E-state index < -0.39 is 4.92 Å². The second kappa shape index (κ2) is 6.34. The summed E-state index contributed by atoms with van der Waals surface area (Å²) in [5.74, 6) is 1.65. The van der Waals surface area contributed by atoms with E-state index in [9.17, 15) is 10.1 Å². The zero-order chi connectivity index (χ0) is 12.8. The minimum atomic E-state index is -0.472. The lowest BCUT2D eigenvalue weighted by Crippen LogP contribution is -2.10. The van der Waals surface area contributed by atoms with Crippen LogP contribution in [0.5, 0.6) is 11.5 Å². The van der Waals surface area contributed by atoms with Crippen LogP contribution in [0.4, 0.5) is 5.69 Å². The predicted molar refractivity (Wildman–Crippen MR) is 68.2 cm³/mol. The van der Waals surface area contributed by atoms with Crippen molar-refractivity contribution in [3.63, 3.8) is 0 Å². The average Bonchev–Trinajstić information content (AvgIpc) is 2.35. The molecule has 0 aromatic heterocycles. The van der Waals surface area contributed by atoms with Gasteiger partial charge in [0.25, 0.3) is 0 Å². The topological polar surface area (TPSA) is 61.6 Å². The number of ether oxygens (including phenoxy) is 2. The Morgan fingerprint density at radius 1 is 1.53 bits per heavy atom. The summed E-state index contributed by atoms with van der Waals surface area (Å²) in [6.45, 7) is 2.34. The standard InChI is InChI=1S/C11H15NO4S/c1-8(7-17)6-16-11-5-9(15-2)3-4-10(11)12(13)14/h3-5,8,17H,6-7H2,1-2H3. The number of nitro groups is 1. The van der Waals surface area contributed by atoms with Crippen molar-refractivity contribution in [3.05, 3.63) is 28.3 Å². The van der Waals surface area contributed by atoms with E-state index >= 15 is 0 Å². The molecule has 0 fully saturated rings. The molecule has 0 saturated carbocycles. The molecular formula is C11H15NO4S. The van der Waals surface area contributed by atoms with Gasteiger partial charge in [-0.2, -0.15) is 12.6 Å². The van der Waals surface area contributed by atoms with Gasteiger partial charge in [0.05, 0.1) is 18.6 Å². The van der Waals surface area contributed by atoms with Crippen molar-refractivity contribution in [2.24, 2.45) is 5.92 Å². The summed E-state index contributed by atoms with van der Waals surface area (Å²) in [6.07, 6.45) is 0. The summed E-state index contributed by atoms with van der Waals surface area (Å²) in [5.41, 5.74) is -0.0582. The fourth-order valence-electron chi connectivity index (χ4n) is 1.17. The number of hydrogen-bond acceptors (Lipinski definition) is 5. The molecule has 0 N–H and O–H groups in total. The normalized spacial score (nSPS) is 11.9. The van der Waals surface area contributed by atoms with Gasteiger partial charge in [-0.15, -0.1) is 0 Å². The highest BCUT2D eigenvalue weighted by molar-refractivity contribution is 7.80. The molecule has 5 nitrogen and oxygen atoms in total. The van der Waals surface area contributed by atoms with Crippen LogP contribution in [0.3, 0.4) is 0 Å². The quantitative estimate of drug-likeness (QED) is 0.483. The van der Waals surface area contributed by atoms with Crippen molar-refractivity contribution in [1.29, 1.82) is 0 Å². The van der Waals surface area contributed by atoms with E-state index in [1.807, 2.05) is 6.92 Å². The minimum Gasteiger partial charge on any atom is -0.497 e. The molecule has 0 aliphatic rings. The Bertz CT molecular complexity index is 397. The Hall–Kier alpha value is -1.43. The van der Waals surface area contributed by atoms with Crippen LogP contribution >= 0.6 is 12.6 Å². The summed E-state index contributed by atoms with van der Waals surface area (Å²) in [5, 5.41) is 10.8. The third kappa shape index (κ3) is 3.81. The summed E-state index contributed by atoms with van der Waals surface area (Å²) in [4.78, 5) is 10.3. The molecular weight excluding hydrogens is 242 g/mol. The molecule has 6 heteroatoms.